The van der Waals surface area contributed by atoms with Crippen LogP contribution in [0.2, 0.25) is 0 Å². The lowest BCUT2D eigenvalue weighted by atomic mass is 9.81. The van der Waals surface area contributed by atoms with Gasteiger partial charge in [-0.3, -0.25) is 0 Å². The van der Waals surface area contributed by atoms with E-state index in [0.29, 0.717) is 0 Å². The molecule has 88 valence electrons. The second-order valence-electron chi connectivity index (χ2n) is 6.05. The zero-order valence-corrected chi connectivity index (χ0v) is 10.5. The van der Waals surface area contributed by atoms with Crippen LogP contribution in [-0.2, 0) is 0 Å². The molecule has 1 heterocycles. The van der Waals surface area contributed by atoms with Gasteiger partial charge in [0.1, 0.15) is 0 Å². The second-order valence-corrected chi connectivity index (χ2v) is 6.05. The van der Waals surface area contributed by atoms with Crippen LogP contribution < -0.4 is 0 Å². The summed E-state index contributed by atoms with van der Waals surface area (Å²) in [5.41, 5.74) is 0. The summed E-state index contributed by atoms with van der Waals surface area (Å²) >= 11 is 0. The molecule has 2 aliphatic rings. The third-order valence-corrected chi connectivity index (χ3v) is 4.28. The molecule has 1 nitrogen and oxygen atoms in total. The number of hydrogen-bond donors (Lipinski definition) is 0. The Morgan fingerprint density at radius 3 is 2.13 bits per heavy atom. The van der Waals surface area contributed by atoms with Gasteiger partial charge in [0.25, 0.3) is 0 Å². The Kier molecular flexibility index (Phi) is 4.07. The van der Waals surface area contributed by atoms with E-state index < -0.39 is 0 Å². The van der Waals surface area contributed by atoms with Crippen molar-refractivity contribution < 1.29 is 0 Å². The number of nitrogens with zero attached hydrogens (tertiary/aromatic N) is 1. The summed E-state index contributed by atoms with van der Waals surface area (Å²) in [5, 5.41) is 0. The molecule has 0 radical (unpaired) electrons. The molecule has 0 aromatic heterocycles. The van der Waals surface area contributed by atoms with Gasteiger partial charge in [0.05, 0.1) is 0 Å². The van der Waals surface area contributed by atoms with Gasteiger partial charge in [0, 0.05) is 6.04 Å². The quantitative estimate of drug-likeness (QED) is 0.685. The molecule has 0 aromatic carbocycles. The van der Waals surface area contributed by atoms with Crippen LogP contribution in [0, 0.1) is 11.8 Å². The van der Waals surface area contributed by atoms with E-state index in [1.54, 1.807) is 0 Å². The van der Waals surface area contributed by atoms with Gasteiger partial charge in [-0.2, -0.15) is 0 Å². The van der Waals surface area contributed by atoms with Gasteiger partial charge in [-0.25, -0.2) is 0 Å². The highest BCUT2D eigenvalue weighted by molar-refractivity contribution is 4.82. The first-order valence-electron chi connectivity index (χ1n) is 6.99. The van der Waals surface area contributed by atoms with Crippen molar-refractivity contribution in [2.24, 2.45) is 11.8 Å². The minimum absolute atomic E-state index is 0.901. The van der Waals surface area contributed by atoms with Crippen LogP contribution in [0.1, 0.15) is 58.8 Å². The highest BCUT2D eigenvalue weighted by Crippen LogP contribution is 2.32. The fourth-order valence-corrected chi connectivity index (χ4v) is 3.52. The lowest BCUT2D eigenvalue weighted by molar-refractivity contribution is 0.155. The molecule has 1 heteroatoms. The zero-order chi connectivity index (χ0) is 10.7. The van der Waals surface area contributed by atoms with Crippen molar-refractivity contribution in [1.29, 1.82) is 0 Å². The molecule has 15 heavy (non-hydrogen) atoms. The number of likely N-dealkylation sites (tertiary alicyclic amines) is 1. The van der Waals surface area contributed by atoms with Gasteiger partial charge in [-0.05, 0) is 69.9 Å². The maximum Gasteiger partial charge on any atom is 0.00954 e. The molecule has 2 rings (SSSR count). The summed E-state index contributed by atoms with van der Waals surface area (Å²) < 4.78 is 0. The summed E-state index contributed by atoms with van der Waals surface area (Å²) in [6, 6.07) is 0.955. The first-order chi connectivity index (χ1) is 7.25. The lowest BCUT2D eigenvalue weighted by Gasteiger charge is -2.35. The van der Waals surface area contributed by atoms with Gasteiger partial charge < -0.3 is 4.90 Å². The monoisotopic (exact) mass is 209 g/mol. The molecule has 0 atom stereocenters. The predicted molar refractivity (Wildman–Crippen MR) is 66.0 cm³/mol. The van der Waals surface area contributed by atoms with Gasteiger partial charge in [0.15, 0.2) is 0 Å². The maximum atomic E-state index is 2.76. The molecule has 0 bridgehead atoms. The van der Waals surface area contributed by atoms with Crippen LogP contribution in [0.3, 0.4) is 0 Å². The van der Waals surface area contributed by atoms with Crippen molar-refractivity contribution in [1.82, 2.24) is 4.90 Å². The molecular weight excluding hydrogens is 182 g/mol. The maximum absolute atomic E-state index is 2.76. The molecule has 1 saturated heterocycles. The van der Waals surface area contributed by atoms with Crippen LogP contribution >= 0.6 is 0 Å². The van der Waals surface area contributed by atoms with E-state index in [1.165, 1.54) is 58.0 Å². The first kappa shape index (κ1) is 11.4. The zero-order valence-electron chi connectivity index (χ0n) is 10.5. The molecule has 1 saturated carbocycles. The van der Waals surface area contributed by atoms with Crippen molar-refractivity contribution >= 4 is 0 Å². The molecule has 1 aliphatic heterocycles. The van der Waals surface area contributed by atoms with Crippen LogP contribution in [-0.4, -0.2) is 24.0 Å². The van der Waals surface area contributed by atoms with Crippen molar-refractivity contribution in [2.75, 3.05) is 13.1 Å². The first-order valence-corrected chi connectivity index (χ1v) is 6.99. The summed E-state index contributed by atoms with van der Waals surface area (Å²) in [5.74, 6) is 1.95. The van der Waals surface area contributed by atoms with Crippen molar-refractivity contribution in [3.63, 3.8) is 0 Å². The summed E-state index contributed by atoms with van der Waals surface area (Å²) in [6.45, 7) is 7.51. The molecular formula is C14H27N. The predicted octanol–water partition coefficient (Wildman–Crippen LogP) is 3.69. The Morgan fingerprint density at radius 2 is 1.60 bits per heavy atom. The summed E-state index contributed by atoms with van der Waals surface area (Å²) in [7, 11) is 0. The van der Waals surface area contributed by atoms with Crippen LogP contribution in [0.15, 0.2) is 0 Å². The Bertz CT molecular complexity index is 174. The Hall–Kier alpha value is -0.0400. The van der Waals surface area contributed by atoms with Crippen molar-refractivity contribution in [2.45, 2.75) is 64.8 Å². The largest absolute Gasteiger partial charge is 0.300 e. The molecule has 0 unspecified atom stereocenters. The van der Waals surface area contributed by atoms with E-state index in [4.69, 9.17) is 0 Å². The Morgan fingerprint density at radius 1 is 1.00 bits per heavy atom. The third-order valence-electron chi connectivity index (χ3n) is 4.28. The average Bonchev–Trinajstić information content (AvgIpc) is 2.71. The minimum atomic E-state index is 0.901. The SMILES string of the molecule is CC(C)CC1CCC(N2CCCC2)CC1. The van der Waals surface area contributed by atoms with E-state index >= 15 is 0 Å². The smallest absolute Gasteiger partial charge is 0.00954 e. The summed E-state index contributed by atoms with van der Waals surface area (Å²) in [6.07, 6.45) is 10.3. The van der Waals surface area contributed by atoms with E-state index in [-0.39, 0.29) is 0 Å². The fourth-order valence-electron chi connectivity index (χ4n) is 3.52. The topological polar surface area (TPSA) is 3.24 Å². The van der Waals surface area contributed by atoms with Gasteiger partial charge in [0.2, 0.25) is 0 Å². The third kappa shape index (κ3) is 3.21. The standard InChI is InChI=1S/C14H27N/c1-12(2)11-13-5-7-14(8-6-13)15-9-3-4-10-15/h12-14H,3-11H2,1-2H3. The highest BCUT2D eigenvalue weighted by Gasteiger charge is 2.27. The Balaban J connectivity index is 1.71. The van der Waals surface area contributed by atoms with Crippen molar-refractivity contribution in [3.8, 4) is 0 Å². The minimum Gasteiger partial charge on any atom is -0.300 e. The average molecular weight is 209 g/mol. The number of hydrogen-bond acceptors (Lipinski definition) is 1. The van der Waals surface area contributed by atoms with Crippen LogP contribution in [0.4, 0.5) is 0 Å². The second kappa shape index (κ2) is 5.34. The molecule has 0 amide bonds. The normalized spacial score (nSPS) is 33.8. The fraction of sp³-hybridized carbons (Fsp3) is 1.00. The van der Waals surface area contributed by atoms with Gasteiger partial charge in [-0.15, -0.1) is 0 Å². The van der Waals surface area contributed by atoms with Gasteiger partial charge >= 0.3 is 0 Å². The lowest BCUT2D eigenvalue weighted by Crippen LogP contribution is -2.36. The highest BCUT2D eigenvalue weighted by atomic mass is 15.2. The van der Waals surface area contributed by atoms with E-state index in [9.17, 15) is 0 Å². The van der Waals surface area contributed by atoms with Crippen molar-refractivity contribution in [3.05, 3.63) is 0 Å². The molecule has 0 spiro atoms. The molecule has 1 aliphatic carbocycles. The van der Waals surface area contributed by atoms with Crippen LogP contribution in [0.5, 0.6) is 0 Å². The summed E-state index contributed by atoms with van der Waals surface area (Å²) in [4.78, 5) is 2.76. The van der Waals surface area contributed by atoms with Crippen LogP contribution in [0.25, 0.3) is 0 Å². The number of rotatable bonds is 3. The van der Waals surface area contributed by atoms with E-state index in [0.717, 1.165) is 17.9 Å². The van der Waals surface area contributed by atoms with E-state index in [2.05, 4.69) is 18.7 Å². The Labute approximate surface area is 95.2 Å². The molecule has 0 aromatic rings. The molecule has 0 N–H and O–H groups in total. The van der Waals surface area contributed by atoms with E-state index in [1.807, 2.05) is 0 Å². The van der Waals surface area contributed by atoms with Gasteiger partial charge in [-0.1, -0.05) is 13.8 Å². The molecule has 2 fully saturated rings.